The van der Waals surface area contributed by atoms with Crippen LogP contribution in [0.15, 0.2) is 24.5 Å². The first kappa shape index (κ1) is 20.0. The van der Waals surface area contributed by atoms with Crippen LogP contribution in [0.25, 0.3) is 0 Å². The zero-order valence-corrected chi connectivity index (χ0v) is 16.6. The molecule has 3 rings (SSSR count). The first-order valence-corrected chi connectivity index (χ1v) is 9.86. The molecule has 0 atom stereocenters. The van der Waals surface area contributed by atoms with Gasteiger partial charge in [0.2, 0.25) is 5.91 Å². The highest BCUT2D eigenvalue weighted by atomic mass is 16.2. The van der Waals surface area contributed by atoms with Crippen molar-refractivity contribution in [2.75, 3.05) is 19.6 Å². The Morgan fingerprint density at radius 3 is 2.64 bits per heavy atom. The van der Waals surface area contributed by atoms with E-state index in [1.807, 2.05) is 29.5 Å². The molecule has 0 bridgehead atoms. The van der Waals surface area contributed by atoms with Crippen LogP contribution >= 0.6 is 0 Å². The largest absolute Gasteiger partial charge is 0.356 e. The van der Waals surface area contributed by atoms with Crippen LogP contribution in [0.5, 0.6) is 0 Å². The molecule has 2 amide bonds. The molecule has 1 saturated heterocycles. The average molecular weight is 384 g/mol. The average Bonchev–Trinajstić information content (AvgIpc) is 3.04. The van der Waals surface area contributed by atoms with Gasteiger partial charge in [0, 0.05) is 38.3 Å². The van der Waals surface area contributed by atoms with E-state index < -0.39 is 0 Å². The third-order valence-electron chi connectivity index (χ3n) is 5.20. The maximum absolute atomic E-state index is 12.4. The predicted octanol–water partition coefficient (Wildman–Crippen LogP) is 1.74. The highest BCUT2D eigenvalue weighted by Crippen LogP contribution is 2.18. The summed E-state index contributed by atoms with van der Waals surface area (Å²) in [4.78, 5) is 26.4. The molecule has 1 fully saturated rings. The number of nitrogens with one attached hydrogen (secondary N) is 1. The fraction of sp³-hybridized carbons (Fsp3) is 0.550. The third kappa shape index (κ3) is 5.37. The van der Waals surface area contributed by atoms with E-state index in [2.05, 4.69) is 20.6 Å². The number of hydrogen-bond donors (Lipinski definition) is 1. The maximum atomic E-state index is 12.4. The smallest absolute Gasteiger partial charge is 0.255 e. The molecule has 3 heterocycles. The summed E-state index contributed by atoms with van der Waals surface area (Å²) in [5.74, 6) is 0.504. The van der Waals surface area contributed by atoms with Crippen LogP contribution in [0.3, 0.4) is 0 Å². The van der Waals surface area contributed by atoms with Crippen LogP contribution < -0.4 is 5.32 Å². The van der Waals surface area contributed by atoms with Gasteiger partial charge in [-0.25, -0.2) is 0 Å². The lowest BCUT2D eigenvalue weighted by molar-refractivity contribution is -0.121. The molecule has 1 aliphatic rings. The van der Waals surface area contributed by atoms with Crippen molar-refractivity contribution in [2.24, 2.45) is 5.92 Å². The van der Waals surface area contributed by atoms with Crippen molar-refractivity contribution in [3.63, 3.8) is 0 Å². The van der Waals surface area contributed by atoms with E-state index in [0.29, 0.717) is 37.5 Å². The number of amides is 2. The number of likely N-dealkylation sites (tertiary alicyclic amines) is 1. The fourth-order valence-corrected chi connectivity index (χ4v) is 3.58. The van der Waals surface area contributed by atoms with Crippen LogP contribution in [0, 0.1) is 19.8 Å². The van der Waals surface area contributed by atoms with Gasteiger partial charge >= 0.3 is 0 Å². The number of aromatic nitrogens is 4. The van der Waals surface area contributed by atoms with Gasteiger partial charge in [0.15, 0.2) is 0 Å². The second kappa shape index (κ2) is 9.43. The van der Waals surface area contributed by atoms with E-state index in [1.54, 1.807) is 6.07 Å². The molecule has 8 nitrogen and oxygen atoms in total. The quantitative estimate of drug-likeness (QED) is 0.785. The van der Waals surface area contributed by atoms with E-state index in [9.17, 15) is 9.59 Å². The minimum absolute atomic E-state index is 0.00142. The van der Waals surface area contributed by atoms with Gasteiger partial charge in [-0.15, -0.1) is 0 Å². The van der Waals surface area contributed by atoms with Crippen molar-refractivity contribution in [3.05, 3.63) is 41.5 Å². The monoisotopic (exact) mass is 384 g/mol. The van der Waals surface area contributed by atoms with Crippen molar-refractivity contribution in [1.82, 2.24) is 30.2 Å². The lowest BCUT2D eigenvalue weighted by atomic mass is 9.96. The van der Waals surface area contributed by atoms with Crippen LogP contribution in [0.4, 0.5) is 0 Å². The third-order valence-corrected chi connectivity index (χ3v) is 5.20. The molecular weight excluding hydrogens is 356 g/mol. The maximum Gasteiger partial charge on any atom is 0.255 e. The molecule has 0 aliphatic carbocycles. The van der Waals surface area contributed by atoms with Crippen LogP contribution in [-0.4, -0.2) is 56.3 Å². The van der Waals surface area contributed by atoms with Gasteiger partial charge in [0.05, 0.1) is 23.7 Å². The van der Waals surface area contributed by atoms with E-state index in [1.165, 1.54) is 12.4 Å². The van der Waals surface area contributed by atoms with Gasteiger partial charge in [-0.2, -0.15) is 15.3 Å². The molecule has 1 N–H and O–H groups in total. The Bertz CT molecular complexity index is 796. The van der Waals surface area contributed by atoms with Crippen molar-refractivity contribution in [2.45, 2.75) is 46.1 Å². The van der Waals surface area contributed by atoms with Gasteiger partial charge in [-0.3, -0.25) is 14.3 Å². The van der Waals surface area contributed by atoms with Crippen molar-refractivity contribution < 1.29 is 9.59 Å². The lowest BCUT2D eigenvalue weighted by Crippen LogP contribution is -2.41. The number of carbonyl (C=O) groups excluding carboxylic acids is 2. The molecule has 2 aromatic rings. The molecule has 0 aromatic carbocycles. The normalized spacial score (nSPS) is 14.9. The topological polar surface area (TPSA) is 93.0 Å². The second-order valence-electron chi connectivity index (χ2n) is 7.42. The minimum atomic E-state index is 0.00142. The van der Waals surface area contributed by atoms with E-state index in [-0.39, 0.29) is 11.8 Å². The van der Waals surface area contributed by atoms with Gasteiger partial charge in [0.1, 0.15) is 0 Å². The summed E-state index contributed by atoms with van der Waals surface area (Å²) in [6.45, 7) is 6.86. The van der Waals surface area contributed by atoms with Crippen LogP contribution in [-0.2, 0) is 11.3 Å². The summed E-state index contributed by atoms with van der Waals surface area (Å²) < 4.78 is 1.95. The fourth-order valence-electron chi connectivity index (χ4n) is 3.58. The summed E-state index contributed by atoms with van der Waals surface area (Å²) in [7, 11) is 0. The molecule has 0 unspecified atom stereocenters. The zero-order valence-electron chi connectivity index (χ0n) is 16.6. The van der Waals surface area contributed by atoms with Crippen LogP contribution in [0.1, 0.15) is 47.4 Å². The lowest BCUT2D eigenvalue weighted by Gasteiger charge is -2.32. The predicted molar refractivity (Wildman–Crippen MR) is 105 cm³/mol. The SMILES string of the molecule is Cc1cc(C)n(CCCC(=O)NCC2CCN(C(=O)c3ccnnc3)CC2)n1. The van der Waals surface area contributed by atoms with Crippen LogP contribution in [0.2, 0.25) is 0 Å². The number of piperidine rings is 1. The van der Waals surface area contributed by atoms with Gasteiger partial charge in [-0.05, 0) is 51.2 Å². The van der Waals surface area contributed by atoms with E-state index in [4.69, 9.17) is 0 Å². The van der Waals surface area contributed by atoms with Gasteiger partial charge < -0.3 is 10.2 Å². The minimum Gasteiger partial charge on any atom is -0.356 e. The van der Waals surface area contributed by atoms with Crippen molar-refractivity contribution >= 4 is 11.8 Å². The summed E-state index contributed by atoms with van der Waals surface area (Å²) in [5.41, 5.74) is 2.71. The first-order chi connectivity index (χ1) is 13.5. The standard InChI is InChI=1S/C20H28N6O2/c1-15-12-16(2)26(24-15)9-3-4-19(27)21-13-17-6-10-25(11-7-17)20(28)18-5-8-22-23-14-18/h5,8,12,14,17H,3-4,6-7,9-11,13H2,1-2H3,(H,21,27). The van der Waals surface area contributed by atoms with Crippen molar-refractivity contribution in [1.29, 1.82) is 0 Å². The molecule has 0 spiro atoms. The Kier molecular flexibility index (Phi) is 6.73. The molecule has 150 valence electrons. The summed E-state index contributed by atoms with van der Waals surface area (Å²) in [6.07, 6.45) is 6.11. The molecular formula is C20H28N6O2. The highest BCUT2D eigenvalue weighted by Gasteiger charge is 2.24. The molecule has 2 aromatic heterocycles. The number of nitrogens with zero attached hydrogens (tertiary/aromatic N) is 5. The van der Waals surface area contributed by atoms with Gasteiger partial charge in [0.25, 0.3) is 5.91 Å². The number of aryl methyl sites for hydroxylation is 3. The molecule has 0 saturated carbocycles. The molecule has 0 radical (unpaired) electrons. The highest BCUT2D eigenvalue weighted by molar-refractivity contribution is 5.93. The number of rotatable bonds is 7. The zero-order chi connectivity index (χ0) is 19.9. The van der Waals surface area contributed by atoms with E-state index >= 15 is 0 Å². The number of carbonyl (C=O) groups is 2. The molecule has 1 aliphatic heterocycles. The Labute approximate surface area is 165 Å². The Morgan fingerprint density at radius 1 is 1.21 bits per heavy atom. The first-order valence-electron chi connectivity index (χ1n) is 9.86. The molecule has 28 heavy (non-hydrogen) atoms. The van der Waals surface area contributed by atoms with E-state index in [0.717, 1.165) is 37.2 Å². The second-order valence-corrected chi connectivity index (χ2v) is 7.42. The molecule has 8 heteroatoms. The Hall–Kier alpha value is -2.77. The van der Waals surface area contributed by atoms with Gasteiger partial charge in [-0.1, -0.05) is 0 Å². The van der Waals surface area contributed by atoms with Crippen molar-refractivity contribution in [3.8, 4) is 0 Å². The summed E-state index contributed by atoms with van der Waals surface area (Å²) in [5, 5.41) is 14.9. The summed E-state index contributed by atoms with van der Waals surface area (Å²) in [6, 6.07) is 3.73. The number of hydrogen-bond acceptors (Lipinski definition) is 5. The summed E-state index contributed by atoms with van der Waals surface area (Å²) >= 11 is 0. The Balaban J connectivity index is 1.33. The Morgan fingerprint density at radius 2 is 2.00 bits per heavy atom.